The number of nitrogens with two attached hydrogens (primary N) is 4. The molecule has 2 aliphatic rings. The van der Waals surface area contributed by atoms with Crippen molar-refractivity contribution in [3.8, 4) is 0 Å². The van der Waals surface area contributed by atoms with Gasteiger partial charge in [0, 0.05) is 86.7 Å². The molecule has 15 amide bonds. The van der Waals surface area contributed by atoms with Crippen LogP contribution in [0, 0.1) is 5.41 Å². The maximum atomic E-state index is 15.1. The second kappa shape index (κ2) is 45.0. The summed E-state index contributed by atoms with van der Waals surface area (Å²) in [4.78, 5) is 228. The number of piperidine rings is 1. The maximum absolute atomic E-state index is 15.1. The number of carbonyl (C=O) groups is 16. The van der Waals surface area contributed by atoms with Crippen molar-refractivity contribution in [2.24, 2.45) is 22.9 Å². The number of aliphatic hydroxyl groups is 1. The number of carboxylic acids is 2. The van der Waals surface area contributed by atoms with Crippen LogP contribution in [0.5, 0.6) is 0 Å². The van der Waals surface area contributed by atoms with Gasteiger partial charge in [0.15, 0.2) is 5.96 Å². The van der Waals surface area contributed by atoms with E-state index in [0.29, 0.717) is 28.5 Å². The lowest BCUT2D eigenvalue weighted by atomic mass is 9.98. The zero-order valence-corrected chi connectivity index (χ0v) is 63.6. The molecule has 1 saturated heterocycles. The average molecular weight is 1620 g/mol. The summed E-state index contributed by atoms with van der Waals surface area (Å²) in [6.07, 6.45) is -3.12. The molecule has 1 fully saturated rings. The Balaban J connectivity index is 1.48. The smallest absolute Gasteiger partial charge is 0.326 e. The third-order valence-electron chi connectivity index (χ3n) is 18.3. The fourth-order valence-corrected chi connectivity index (χ4v) is 12.9. The third-order valence-corrected chi connectivity index (χ3v) is 19.0. The van der Waals surface area contributed by atoms with Crippen molar-refractivity contribution in [2.45, 2.75) is 188 Å². The van der Waals surface area contributed by atoms with Crippen LogP contribution in [0.2, 0.25) is 0 Å². The largest absolute Gasteiger partial charge is 0.481 e. The first-order valence-corrected chi connectivity index (χ1v) is 37.6. The van der Waals surface area contributed by atoms with E-state index in [9.17, 15) is 87.2 Å². The minimum Gasteiger partial charge on any atom is -0.481 e. The molecule has 2 aromatic carbocycles. The number of nitrogens with one attached hydrogen (secondary N) is 15. The number of guanidine groups is 1. The van der Waals surface area contributed by atoms with Crippen LogP contribution in [0.4, 0.5) is 4.79 Å². The van der Waals surface area contributed by atoms with Crippen molar-refractivity contribution in [2.75, 3.05) is 37.7 Å². The molecule has 0 spiro atoms. The quantitative estimate of drug-likeness (QED) is 0.0114. The highest BCUT2D eigenvalue weighted by molar-refractivity contribution is 7.80. The van der Waals surface area contributed by atoms with E-state index < -0.39 is 217 Å². The molecule has 0 radical (unpaired) electrons. The first kappa shape index (κ1) is 90.2. The number of hydrogen-bond acceptors (Lipinski definition) is 23. The number of aromatic nitrogens is 4. The molecular formula is C69H99N23O19S2. The third kappa shape index (κ3) is 28.9. The summed E-state index contributed by atoms with van der Waals surface area (Å²) in [5.74, 6) is -18.3. The number of hydrogen-bond donors (Lipinski definition) is 24. The van der Waals surface area contributed by atoms with Gasteiger partial charge in [-0.1, -0.05) is 53.7 Å². The van der Waals surface area contributed by atoms with Crippen LogP contribution < -0.4 is 92.1 Å². The van der Waals surface area contributed by atoms with E-state index in [0.717, 1.165) is 11.8 Å². The standard InChI is InChI=1S/C69H99N23O19S2/c1-35(93)55-65(107)85-47(29-54(96)97)66(108)92-25-8-7-19-51(92)64(106)82-42(16-9-22-75-68(72)73)58(100)87-50(34-113)63(105)80-41(17-10-23-76-69(74)111)56(98)83-45(27-37-31-77-40-15-6-5-14-39(37)40)60(102)81-44(20-21-52(71)94)59(101)79-43(57(99)86-48(67(109)110)26-36-12-3-2-4-13-36)18-11-24-91-32-38(89-90-91)28-46(61(103)88-55)84-62(104)49(33-112)78-53(95)30-70/h2-6,12-15,31-32,35,41-51,55,77,93,112-113H,7-11,16-30,33-34,70H2,1H3,(H2,71,94)(H,78,95)(H,79,101)(H,80,105)(H,81,102)(H,82,106)(H,83,98)(H,84,104)(H,85,107)(H,86,99)(H,87,100)(H,88,103)(H,96,97)(H,109,110)(H4,72,73,75)(H3,74,76,111)/t35-,41+,42+,43?,44+,45+,46+,47+,48+,49+,50+,51+,55+/m1/s1. The van der Waals surface area contributed by atoms with Gasteiger partial charge in [-0.15, -0.1) is 5.10 Å². The Morgan fingerprint density at radius 2 is 1.27 bits per heavy atom. The number of aliphatic carboxylic acids is 2. The van der Waals surface area contributed by atoms with Crippen LogP contribution in [0.3, 0.4) is 0 Å². The summed E-state index contributed by atoms with van der Waals surface area (Å²) >= 11 is 8.51. The molecule has 4 heterocycles. The van der Waals surface area contributed by atoms with E-state index in [2.05, 4.69) is 110 Å². The van der Waals surface area contributed by atoms with Crippen molar-refractivity contribution in [1.29, 1.82) is 5.41 Å². The van der Waals surface area contributed by atoms with Gasteiger partial charge in [0.2, 0.25) is 76.8 Å². The van der Waals surface area contributed by atoms with E-state index in [1.54, 1.807) is 60.8 Å². The van der Waals surface area contributed by atoms with E-state index in [4.69, 9.17) is 28.3 Å². The Labute approximate surface area is 658 Å². The topological polar surface area (TPSA) is 668 Å². The van der Waals surface area contributed by atoms with Gasteiger partial charge >= 0.3 is 18.0 Å². The zero-order valence-electron chi connectivity index (χ0n) is 61.8. The Morgan fingerprint density at radius 3 is 1.88 bits per heavy atom. The SMILES string of the molecule is C[C@@H](O)[C@@H]1NC(=O)[C@@H](NC(=O)[C@H](CS)NC(=O)CN)Cc2cn(nn2)CCCC(C(=O)N[C@@H](Cc2ccccc2)C(=O)O)NC(=O)[C@H](CCC(N)=O)NC(=O)[C@H](Cc2c[nH]c3ccccc23)NC(=O)[C@H](CCCNC(N)=O)NC(=O)[C@H](CS)NC(=O)[C@H](CCCNC(=N)N)NC(=O)[C@@H]2CCCCN2C(=O)[C@H](CC(=O)O)NC1=O. The molecule has 0 aliphatic carbocycles. The number of rotatable bonds is 27. The number of amides is 15. The minimum atomic E-state index is -2.06. The Bertz CT molecular complexity index is 4060. The molecule has 1 unspecified atom stereocenters. The monoisotopic (exact) mass is 1620 g/mol. The lowest BCUT2D eigenvalue weighted by Gasteiger charge is -2.37. The highest BCUT2D eigenvalue weighted by Gasteiger charge is 2.42. The number of fused-ring (bicyclic) bond motifs is 4. The van der Waals surface area contributed by atoms with Crippen LogP contribution in [0.25, 0.3) is 10.9 Å². The number of thiol groups is 2. The van der Waals surface area contributed by atoms with E-state index in [-0.39, 0.29) is 102 Å². The number of aromatic amines is 1. The second-order valence-electron chi connectivity index (χ2n) is 26.9. The zero-order chi connectivity index (χ0) is 83.0. The van der Waals surface area contributed by atoms with Gasteiger partial charge < -0.3 is 117 Å². The maximum Gasteiger partial charge on any atom is 0.326 e. The van der Waals surface area contributed by atoms with Gasteiger partial charge in [0.25, 0.3) is 0 Å². The molecule has 13 atom stereocenters. The molecular weight excluding hydrogens is 1520 g/mol. The summed E-state index contributed by atoms with van der Waals surface area (Å²) in [5, 5.41) is 80.6. The van der Waals surface area contributed by atoms with E-state index in [1.165, 1.54) is 10.9 Å². The number of urea groups is 1. The van der Waals surface area contributed by atoms with Crippen molar-refractivity contribution < 1.29 is 92.0 Å². The molecule has 2 bridgehead atoms. The van der Waals surface area contributed by atoms with Crippen LogP contribution >= 0.6 is 25.3 Å². The van der Waals surface area contributed by atoms with Gasteiger partial charge in [-0.25, -0.2) is 9.59 Å². The Morgan fingerprint density at radius 1 is 0.664 bits per heavy atom. The molecule has 4 aromatic rings. The molecule has 0 saturated carbocycles. The fourth-order valence-electron chi connectivity index (χ4n) is 12.4. The van der Waals surface area contributed by atoms with Crippen molar-refractivity contribution in [3.05, 3.63) is 83.8 Å². The number of aliphatic hydroxyl groups excluding tert-OH is 1. The Hall–Kier alpha value is -11.7. The van der Waals surface area contributed by atoms with Crippen LogP contribution in [0.1, 0.15) is 101 Å². The highest BCUT2D eigenvalue weighted by atomic mass is 32.1. The van der Waals surface area contributed by atoms with Gasteiger partial charge in [0.1, 0.15) is 72.5 Å². The fraction of sp³-hybridized carbons (Fsp3) is 0.522. The first-order chi connectivity index (χ1) is 53.8. The van der Waals surface area contributed by atoms with Gasteiger partial charge in [0.05, 0.1) is 24.8 Å². The highest BCUT2D eigenvalue weighted by Crippen LogP contribution is 2.23. The molecule has 44 heteroatoms. The molecule has 26 N–H and O–H groups in total. The Kier molecular flexibility index (Phi) is 35.9. The number of para-hydroxylation sites is 1. The van der Waals surface area contributed by atoms with Gasteiger partial charge in [-0.3, -0.25) is 77.2 Å². The van der Waals surface area contributed by atoms with Crippen molar-refractivity contribution in [1.82, 2.24) is 94.0 Å². The number of H-pyrrole nitrogens is 1. The second-order valence-corrected chi connectivity index (χ2v) is 27.7. The van der Waals surface area contributed by atoms with Crippen LogP contribution in [-0.4, -0.2) is 257 Å². The average Bonchev–Trinajstić information content (AvgIpc) is 1.81. The molecule has 2 aromatic heterocycles. The summed E-state index contributed by atoms with van der Waals surface area (Å²) in [6.45, 7) is -0.116. The van der Waals surface area contributed by atoms with Gasteiger partial charge in [-0.05, 0) is 88.3 Å². The molecule has 113 heavy (non-hydrogen) atoms. The number of carboxylic acid groups (broad SMARTS) is 2. The summed E-state index contributed by atoms with van der Waals surface area (Å²) in [7, 11) is 0. The number of carbonyl (C=O) groups excluding carboxylic acids is 14. The van der Waals surface area contributed by atoms with Crippen LogP contribution in [0.15, 0.2) is 67.0 Å². The van der Waals surface area contributed by atoms with Crippen molar-refractivity contribution in [3.63, 3.8) is 0 Å². The first-order valence-electron chi connectivity index (χ1n) is 36.3. The van der Waals surface area contributed by atoms with Crippen LogP contribution in [-0.2, 0) is 97.7 Å². The van der Waals surface area contributed by atoms with Crippen molar-refractivity contribution >= 4 is 137 Å². The molecule has 6 rings (SSSR count). The number of aryl methyl sites for hydroxylation is 1. The lowest BCUT2D eigenvalue weighted by Crippen LogP contribution is -2.63. The summed E-state index contributed by atoms with van der Waals surface area (Å²) in [6, 6.07) is -6.35. The number of nitrogens with zero attached hydrogens (tertiary/aromatic N) is 4. The number of primary amides is 2. The van der Waals surface area contributed by atoms with Gasteiger partial charge in [-0.2, -0.15) is 25.3 Å². The number of benzene rings is 2. The summed E-state index contributed by atoms with van der Waals surface area (Å²) < 4.78 is 1.21. The molecule has 42 nitrogen and oxygen atoms in total. The normalized spacial score (nSPS) is 22.6. The molecule has 616 valence electrons. The lowest BCUT2D eigenvalue weighted by molar-refractivity contribution is -0.149. The predicted octanol–water partition coefficient (Wildman–Crippen LogP) is -6.97. The summed E-state index contributed by atoms with van der Waals surface area (Å²) in [5.41, 5.74) is 23.4. The minimum absolute atomic E-state index is 0.00226. The van der Waals surface area contributed by atoms with E-state index >= 15 is 4.79 Å². The van der Waals surface area contributed by atoms with E-state index in [1.807, 2.05) is 0 Å². The predicted molar refractivity (Wildman–Crippen MR) is 408 cm³/mol. The molecule has 2 aliphatic heterocycles.